The van der Waals surface area contributed by atoms with Crippen LogP contribution in [0.25, 0.3) is 0 Å². The van der Waals surface area contributed by atoms with Crippen molar-refractivity contribution >= 4 is 15.7 Å². The lowest BCUT2D eigenvalue weighted by molar-refractivity contribution is 0.0848. The van der Waals surface area contributed by atoms with E-state index in [4.69, 9.17) is 15.7 Å². The molecule has 4 heteroatoms. The average molecular weight is 1160 g/mol. The van der Waals surface area contributed by atoms with Crippen LogP contribution in [-0.4, -0.2) is 55.7 Å². The Morgan fingerprint density at radius 3 is 1.73 bits per heavy atom. The second kappa shape index (κ2) is 32.5. The van der Waals surface area contributed by atoms with Gasteiger partial charge in [0.05, 0.1) is 7.85 Å². The van der Waals surface area contributed by atoms with Crippen LogP contribution in [0.4, 0.5) is 0 Å². The highest BCUT2D eigenvalue weighted by Gasteiger charge is 2.44. The summed E-state index contributed by atoms with van der Waals surface area (Å²) >= 11 is 0. The van der Waals surface area contributed by atoms with E-state index >= 15 is 0 Å². The standard InChI is InChI=1S/C82H124B2N2/c1-5-9-11-15-25-67-57-82(70-36-54-80(60(8-4)56-70)66-33-47-76(48-34-66)86(78-51-39-72(84)40-52-78)74-43-29-64(30-44-74)62-23-19-14-20-24-62)68(26-16-12-10-6-2)58-81(67)69-35-53-79(59(7-3)55-69)65-31-45-75(46-32-65)85(77-49-37-71(83)38-50-77)73-41-27-63(28-42-73)61-21-17-13-18-22-61/h13,17,27,29,31,33,35-36,39,43,45,47,49,53-54,58-62,64-67,69-71,73-76,78-82H,5-12,14-16,18-26,28,30,32,34,37-38,40-42,44,46,48,50-52,55-57H2,1-4H3. The summed E-state index contributed by atoms with van der Waals surface area (Å²) in [5.41, 5.74) is 6.39. The summed E-state index contributed by atoms with van der Waals surface area (Å²) < 4.78 is 0. The molecule has 11 rings (SSSR count). The van der Waals surface area contributed by atoms with Gasteiger partial charge in [0.25, 0.3) is 0 Å². The van der Waals surface area contributed by atoms with Crippen LogP contribution in [0.15, 0.2) is 120 Å². The lowest BCUT2D eigenvalue weighted by Gasteiger charge is -2.48. The average Bonchev–Trinajstić information content (AvgIpc) is 2.46. The molecule has 1 saturated carbocycles. The van der Waals surface area contributed by atoms with Crippen molar-refractivity contribution in [3.05, 3.63) is 120 Å². The van der Waals surface area contributed by atoms with Gasteiger partial charge >= 0.3 is 0 Å². The highest BCUT2D eigenvalue weighted by atomic mass is 15.2. The van der Waals surface area contributed by atoms with Crippen molar-refractivity contribution in [2.45, 2.75) is 308 Å². The minimum Gasteiger partial charge on any atom is -0.365 e. The zero-order valence-electron chi connectivity index (χ0n) is 55.7. The van der Waals surface area contributed by atoms with E-state index in [1.54, 1.807) is 11.3 Å². The van der Waals surface area contributed by atoms with Crippen molar-refractivity contribution in [3.63, 3.8) is 0 Å². The summed E-state index contributed by atoms with van der Waals surface area (Å²) in [6.45, 7) is 9.89. The van der Waals surface area contributed by atoms with Gasteiger partial charge in [-0.25, -0.2) is 0 Å². The van der Waals surface area contributed by atoms with Crippen LogP contribution in [-0.2, 0) is 0 Å². The summed E-state index contributed by atoms with van der Waals surface area (Å²) in [5.74, 6) is 10.7. The Morgan fingerprint density at radius 1 is 0.477 bits per heavy atom. The molecule has 0 aromatic heterocycles. The number of unbranched alkanes of at least 4 members (excludes halogenated alkanes) is 6. The van der Waals surface area contributed by atoms with Crippen LogP contribution in [0.5, 0.6) is 0 Å². The Labute approximate surface area is 532 Å². The first kappa shape index (κ1) is 64.8. The second-order valence-corrected chi connectivity index (χ2v) is 31.1. The molecule has 0 saturated heterocycles. The predicted octanol–water partition coefficient (Wildman–Crippen LogP) is 22.2. The van der Waals surface area contributed by atoms with E-state index in [-0.39, 0.29) is 0 Å². The summed E-state index contributed by atoms with van der Waals surface area (Å²) in [4.78, 5) is 5.97. The van der Waals surface area contributed by atoms with E-state index in [1.165, 1.54) is 212 Å². The van der Waals surface area contributed by atoms with Gasteiger partial charge in [-0.1, -0.05) is 225 Å². The molecule has 2 nitrogen and oxygen atoms in total. The number of hydrogen-bond donors (Lipinski definition) is 0. The van der Waals surface area contributed by atoms with Crippen LogP contribution in [0.1, 0.15) is 272 Å². The Hall–Kier alpha value is -2.71. The van der Waals surface area contributed by atoms with Crippen LogP contribution in [0, 0.1) is 82.9 Å². The fraction of sp³-hybridized carbons (Fsp3) is 0.756. The topological polar surface area (TPSA) is 6.48 Å². The van der Waals surface area contributed by atoms with E-state index < -0.39 is 0 Å². The minimum absolute atomic E-state index is 0.330. The molecule has 0 bridgehead atoms. The van der Waals surface area contributed by atoms with Gasteiger partial charge < -0.3 is 4.90 Å². The lowest BCUT2D eigenvalue weighted by atomic mass is 9.59. The van der Waals surface area contributed by atoms with Gasteiger partial charge in [-0.3, -0.25) is 4.90 Å². The van der Waals surface area contributed by atoms with Crippen molar-refractivity contribution in [1.29, 1.82) is 0 Å². The molecule has 86 heavy (non-hydrogen) atoms. The molecule has 19 atom stereocenters. The first-order valence-corrected chi connectivity index (χ1v) is 38.2. The van der Waals surface area contributed by atoms with Crippen molar-refractivity contribution in [2.24, 2.45) is 82.9 Å². The van der Waals surface area contributed by atoms with Gasteiger partial charge in [-0.15, -0.1) is 5.47 Å². The number of nitrogens with zero attached hydrogens (tertiary/aromatic N) is 2. The molecule has 19 unspecified atom stereocenters. The number of allylic oxidation sites excluding steroid dienone is 15. The highest BCUT2D eigenvalue weighted by molar-refractivity contribution is 6.21. The predicted molar refractivity (Wildman–Crippen MR) is 372 cm³/mol. The van der Waals surface area contributed by atoms with Crippen LogP contribution in [0.2, 0.25) is 5.82 Å². The lowest BCUT2D eigenvalue weighted by Crippen LogP contribution is -2.50. The molecule has 4 radical (unpaired) electrons. The molecule has 0 aromatic carbocycles. The third-order valence-corrected chi connectivity index (χ3v) is 25.9. The van der Waals surface area contributed by atoms with Crippen molar-refractivity contribution in [2.75, 3.05) is 0 Å². The molecule has 468 valence electrons. The normalized spacial score (nSPS) is 38.8. The summed E-state index contributed by atoms with van der Waals surface area (Å²) in [6.07, 6.45) is 93.5. The SMILES string of the molecule is [B]C1=CCC(N(C2C=CC(C3CCCCC3)CC2)C2C=CC(C3C=CC(C4CC(CCCCCC)C(C5C=CC(C6C=CC(N(C7=CCC([B])CC7)C7CC=C(C8CC=CCC8)CC7)CC6)C(CC)C5)C=C4CCCCCC)CC3CC)CC2)CC1. The molecule has 0 spiro atoms. The van der Waals surface area contributed by atoms with Gasteiger partial charge in [0.2, 0.25) is 0 Å². The van der Waals surface area contributed by atoms with E-state index in [0.717, 1.165) is 79.0 Å². The van der Waals surface area contributed by atoms with Gasteiger partial charge in [0.1, 0.15) is 7.85 Å². The van der Waals surface area contributed by atoms with Crippen molar-refractivity contribution in [3.8, 4) is 0 Å². The maximum Gasteiger partial charge on any atom is 0.107 e. The van der Waals surface area contributed by atoms with Crippen LogP contribution < -0.4 is 0 Å². The largest absolute Gasteiger partial charge is 0.365 e. The van der Waals surface area contributed by atoms with E-state index in [1.807, 2.05) is 5.57 Å². The second-order valence-electron chi connectivity index (χ2n) is 31.1. The van der Waals surface area contributed by atoms with Crippen molar-refractivity contribution < 1.29 is 0 Å². The fourth-order valence-corrected chi connectivity index (χ4v) is 20.8. The van der Waals surface area contributed by atoms with Gasteiger partial charge in [0.15, 0.2) is 0 Å². The monoisotopic (exact) mass is 1160 g/mol. The van der Waals surface area contributed by atoms with Gasteiger partial charge in [-0.05, 0) is 243 Å². The zero-order valence-corrected chi connectivity index (χ0v) is 55.7. The first-order chi connectivity index (χ1) is 42.3. The number of hydrogen-bond acceptors (Lipinski definition) is 2. The van der Waals surface area contributed by atoms with Crippen molar-refractivity contribution in [1.82, 2.24) is 9.80 Å². The maximum absolute atomic E-state index is 6.53. The molecule has 0 N–H and O–H groups in total. The molecule has 0 amide bonds. The third-order valence-electron chi connectivity index (χ3n) is 25.9. The molecule has 0 aliphatic heterocycles. The molecular formula is C82H124B2N2. The summed E-state index contributed by atoms with van der Waals surface area (Å²) in [6, 6.07) is 2.87. The molecule has 11 aliphatic rings. The molecule has 11 aliphatic carbocycles. The molecule has 0 heterocycles. The van der Waals surface area contributed by atoms with E-state index in [9.17, 15) is 0 Å². The van der Waals surface area contributed by atoms with Gasteiger partial charge in [0, 0.05) is 35.9 Å². The quantitative estimate of drug-likeness (QED) is 0.0540. The maximum atomic E-state index is 6.53. The van der Waals surface area contributed by atoms with Crippen LogP contribution in [0.3, 0.4) is 0 Å². The fourth-order valence-electron chi connectivity index (χ4n) is 20.8. The smallest absolute Gasteiger partial charge is 0.107 e. The summed E-state index contributed by atoms with van der Waals surface area (Å²) in [7, 11) is 13.0. The molecule has 0 aromatic rings. The third kappa shape index (κ3) is 16.3. The van der Waals surface area contributed by atoms with E-state index in [2.05, 4.69) is 135 Å². The Bertz CT molecular complexity index is 2420. The first-order valence-electron chi connectivity index (χ1n) is 38.2. The Balaban J connectivity index is 0.784. The summed E-state index contributed by atoms with van der Waals surface area (Å²) in [5, 5.41) is 0. The molecule has 1 fully saturated rings. The Kier molecular flexibility index (Phi) is 24.5. The highest BCUT2D eigenvalue weighted by Crippen LogP contribution is 2.53. The van der Waals surface area contributed by atoms with Gasteiger partial charge in [-0.2, -0.15) is 0 Å². The van der Waals surface area contributed by atoms with E-state index in [0.29, 0.717) is 77.5 Å². The number of rotatable bonds is 24. The zero-order chi connectivity index (χ0) is 59.2. The van der Waals surface area contributed by atoms with Crippen LogP contribution >= 0.6 is 0 Å². The Morgan fingerprint density at radius 2 is 1.13 bits per heavy atom. The minimum atomic E-state index is 0.330. The molecular weight excluding hydrogens is 1030 g/mol.